The molecule has 108 valence electrons. The highest BCUT2D eigenvalue weighted by Crippen LogP contribution is 2.29. The summed E-state index contributed by atoms with van der Waals surface area (Å²) in [5.74, 6) is 1.70. The highest BCUT2D eigenvalue weighted by molar-refractivity contribution is 6.32. The van der Waals surface area contributed by atoms with Crippen molar-refractivity contribution in [2.24, 2.45) is 0 Å². The summed E-state index contributed by atoms with van der Waals surface area (Å²) in [6.45, 7) is 5.78. The normalized spacial score (nSPS) is 10.8. The van der Waals surface area contributed by atoms with Crippen LogP contribution in [0.1, 0.15) is 30.6 Å². The van der Waals surface area contributed by atoms with Gasteiger partial charge in [0.15, 0.2) is 6.61 Å². The molecule has 2 aromatic rings. The Balaban J connectivity index is 2.04. The summed E-state index contributed by atoms with van der Waals surface area (Å²) in [6, 6.07) is 5.71. The van der Waals surface area contributed by atoms with Crippen molar-refractivity contribution in [1.82, 2.24) is 15.5 Å². The van der Waals surface area contributed by atoms with Gasteiger partial charge in [0, 0.05) is 19.0 Å². The number of hydrogen-bond acceptors (Lipinski definition) is 5. The van der Waals surface area contributed by atoms with Gasteiger partial charge in [0.05, 0.1) is 5.02 Å². The van der Waals surface area contributed by atoms with Crippen molar-refractivity contribution in [3.8, 4) is 5.75 Å². The summed E-state index contributed by atoms with van der Waals surface area (Å²) < 4.78 is 10.6. The summed E-state index contributed by atoms with van der Waals surface area (Å²) in [6.07, 6.45) is 1.08. The molecule has 1 aromatic carbocycles. The van der Waals surface area contributed by atoms with Gasteiger partial charge >= 0.3 is 0 Å². The van der Waals surface area contributed by atoms with E-state index in [0.717, 1.165) is 25.1 Å². The van der Waals surface area contributed by atoms with Crippen molar-refractivity contribution in [3.63, 3.8) is 0 Å². The van der Waals surface area contributed by atoms with Crippen LogP contribution < -0.4 is 10.1 Å². The van der Waals surface area contributed by atoms with Gasteiger partial charge in [-0.05, 0) is 19.0 Å². The van der Waals surface area contributed by atoms with Crippen LogP contribution in [0.2, 0.25) is 5.02 Å². The zero-order valence-corrected chi connectivity index (χ0v) is 12.4. The van der Waals surface area contributed by atoms with E-state index in [0.29, 0.717) is 22.5 Å². The molecule has 2 rings (SSSR count). The molecule has 0 unspecified atom stereocenters. The van der Waals surface area contributed by atoms with E-state index in [-0.39, 0.29) is 6.61 Å². The number of benzene rings is 1. The predicted molar refractivity (Wildman–Crippen MR) is 76.8 cm³/mol. The minimum Gasteiger partial charge on any atom is -0.484 e. The zero-order valence-electron chi connectivity index (χ0n) is 11.6. The Morgan fingerprint density at radius 3 is 2.95 bits per heavy atom. The molecule has 0 aliphatic rings. The Labute approximate surface area is 123 Å². The van der Waals surface area contributed by atoms with E-state index in [1.807, 2.05) is 18.2 Å². The Hall–Kier alpha value is -1.59. The third-order valence-electron chi connectivity index (χ3n) is 2.71. The molecular weight excluding hydrogens is 278 g/mol. The number of rotatable bonds is 7. The average molecular weight is 296 g/mol. The summed E-state index contributed by atoms with van der Waals surface area (Å²) in [5.41, 5.74) is 1.02. The molecule has 5 nitrogen and oxygen atoms in total. The number of aromatic nitrogens is 2. The van der Waals surface area contributed by atoms with Crippen LogP contribution in [0, 0.1) is 6.92 Å². The second-order valence-electron chi connectivity index (χ2n) is 4.42. The number of nitrogens with zero attached hydrogens (tertiary/aromatic N) is 2. The highest BCUT2D eigenvalue weighted by Gasteiger charge is 2.10. The lowest BCUT2D eigenvalue weighted by Gasteiger charge is -2.12. The van der Waals surface area contributed by atoms with Gasteiger partial charge in [-0.25, -0.2) is 0 Å². The van der Waals surface area contributed by atoms with Crippen molar-refractivity contribution in [1.29, 1.82) is 0 Å². The number of aryl methyl sites for hydroxylation is 1. The van der Waals surface area contributed by atoms with Crippen LogP contribution in [0.25, 0.3) is 0 Å². The lowest BCUT2D eigenvalue weighted by atomic mass is 10.2. The fraction of sp³-hybridized carbons (Fsp3) is 0.429. The first-order valence-electron chi connectivity index (χ1n) is 6.60. The van der Waals surface area contributed by atoms with Crippen molar-refractivity contribution in [3.05, 3.63) is 40.5 Å². The topological polar surface area (TPSA) is 60.2 Å². The number of hydrogen-bond donors (Lipinski definition) is 1. The van der Waals surface area contributed by atoms with Crippen molar-refractivity contribution < 1.29 is 9.26 Å². The summed E-state index contributed by atoms with van der Waals surface area (Å²) >= 11 is 6.20. The lowest BCUT2D eigenvalue weighted by Crippen LogP contribution is -2.14. The van der Waals surface area contributed by atoms with E-state index >= 15 is 0 Å². The van der Waals surface area contributed by atoms with Gasteiger partial charge in [-0.1, -0.05) is 35.8 Å². The van der Waals surface area contributed by atoms with Gasteiger partial charge in [-0.3, -0.25) is 0 Å². The van der Waals surface area contributed by atoms with Crippen LogP contribution in [0.4, 0.5) is 0 Å². The standard InChI is InChI=1S/C14H18ClN3O2/c1-3-7-16-8-11-5-4-6-12(15)14(11)19-9-13-17-10(2)20-18-13/h4-6,16H,3,7-9H2,1-2H3. The smallest absolute Gasteiger partial charge is 0.223 e. The van der Waals surface area contributed by atoms with E-state index in [1.165, 1.54) is 0 Å². The van der Waals surface area contributed by atoms with Crippen LogP contribution in [-0.2, 0) is 13.2 Å². The van der Waals surface area contributed by atoms with Crippen molar-refractivity contribution in [2.45, 2.75) is 33.4 Å². The molecule has 0 amide bonds. The van der Waals surface area contributed by atoms with Crippen LogP contribution >= 0.6 is 11.6 Å². The van der Waals surface area contributed by atoms with Gasteiger partial charge in [0.25, 0.3) is 0 Å². The fourth-order valence-electron chi connectivity index (χ4n) is 1.79. The first kappa shape index (κ1) is 14.8. The highest BCUT2D eigenvalue weighted by atomic mass is 35.5. The summed E-state index contributed by atoms with van der Waals surface area (Å²) in [4.78, 5) is 4.10. The van der Waals surface area contributed by atoms with Crippen LogP contribution in [0.15, 0.2) is 22.7 Å². The van der Waals surface area contributed by atoms with E-state index in [9.17, 15) is 0 Å². The van der Waals surface area contributed by atoms with Crippen molar-refractivity contribution >= 4 is 11.6 Å². The molecule has 0 atom stereocenters. The zero-order chi connectivity index (χ0) is 14.4. The largest absolute Gasteiger partial charge is 0.484 e. The van der Waals surface area contributed by atoms with Gasteiger partial charge in [0.1, 0.15) is 5.75 Å². The molecule has 1 aromatic heterocycles. The lowest BCUT2D eigenvalue weighted by molar-refractivity contribution is 0.282. The Morgan fingerprint density at radius 1 is 1.40 bits per heavy atom. The SMILES string of the molecule is CCCNCc1cccc(Cl)c1OCc1noc(C)n1. The fourth-order valence-corrected chi connectivity index (χ4v) is 2.04. The first-order chi connectivity index (χ1) is 9.70. The predicted octanol–water partition coefficient (Wildman–Crippen LogP) is 3.11. The minimum absolute atomic E-state index is 0.238. The quantitative estimate of drug-likeness (QED) is 0.795. The molecule has 0 aliphatic carbocycles. The summed E-state index contributed by atoms with van der Waals surface area (Å²) in [5, 5.41) is 7.71. The monoisotopic (exact) mass is 295 g/mol. The number of halogens is 1. The third kappa shape index (κ3) is 3.95. The molecular formula is C14H18ClN3O2. The molecule has 1 N–H and O–H groups in total. The Bertz CT molecular complexity index is 557. The molecule has 1 heterocycles. The van der Waals surface area contributed by atoms with Crippen LogP contribution in [0.3, 0.4) is 0 Å². The molecule has 0 spiro atoms. The van der Waals surface area contributed by atoms with Crippen LogP contribution in [-0.4, -0.2) is 16.7 Å². The average Bonchev–Trinajstić information content (AvgIpc) is 2.84. The molecule has 20 heavy (non-hydrogen) atoms. The number of nitrogens with one attached hydrogen (secondary N) is 1. The maximum Gasteiger partial charge on any atom is 0.223 e. The van der Waals surface area contributed by atoms with E-state index < -0.39 is 0 Å². The molecule has 0 saturated carbocycles. The molecule has 0 aliphatic heterocycles. The molecule has 6 heteroatoms. The second-order valence-corrected chi connectivity index (χ2v) is 4.83. The molecule has 0 fully saturated rings. The maximum atomic E-state index is 6.20. The number of ether oxygens (including phenoxy) is 1. The molecule has 0 bridgehead atoms. The molecule has 0 radical (unpaired) electrons. The maximum absolute atomic E-state index is 6.20. The first-order valence-corrected chi connectivity index (χ1v) is 6.98. The van der Waals surface area contributed by atoms with Gasteiger partial charge < -0.3 is 14.6 Å². The number of para-hydroxylation sites is 1. The second kappa shape index (κ2) is 7.26. The van der Waals surface area contributed by atoms with Gasteiger partial charge in [-0.15, -0.1) is 0 Å². The summed E-state index contributed by atoms with van der Waals surface area (Å²) in [7, 11) is 0. The van der Waals surface area contributed by atoms with E-state index in [1.54, 1.807) is 6.92 Å². The van der Waals surface area contributed by atoms with Crippen LogP contribution in [0.5, 0.6) is 5.75 Å². The third-order valence-corrected chi connectivity index (χ3v) is 3.00. The Kier molecular flexibility index (Phi) is 5.38. The van der Waals surface area contributed by atoms with Gasteiger partial charge in [-0.2, -0.15) is 4.98 Å². The van der Waals surface area contributed by atoms with E-state index in [4.69, 9.17) is 20.9 Å². The minimum atomic E-state index is 0.238. The Morgan fingerprint density at radius 2 is 2.25 bits per heavy atom. The van der Waals surface area contributed by atoms with Gasteiger partial charge in [0.2, 0.25) is 11.7 Å². The van der Waals surface area contributed by atoms with E-state index in [2.05, 4.69) is 22.4 Å². The van der Waals surface area contributed by atoms with Crippen molar-refractivity contribution in [2.75, 3.05) is 6.54 Å². The molecule has 0 saturated heterocycles.